The van der Waals surface area contributed by atoms with Gasteiger partial charge in [-0.1, -0.05) is 66.7 Å². The van der Waals surface area contributed by atoms with E-state index in [0.29, 0.717) is 30.0 Å². The zero-order chi connectivity index (χ0) is 20.5. The Labute approximate surface area is 180 Å². The number of nitrogens with one attached hydrogen (secondary N) is 1. The molecule has 5 nitrogen and oxygen atoms in total. The number of hydrogen-bond acceptors (Lipinski definition) is 6. The molecule has 0 saturated carbocycles. The highest BCUT2D eigenvalue weighted by atomic mass is 32.2. The molecule has 0 fully saturated rings. The number of nitrogens with zero attached hydrogens (tertiary/aromatic N) is 2. The van der Waals surface area contributed by atoms with E-state index in [1.165, 1.54) is 27.8 Å². The number of hydrogen-bond donors (Lipinski definition) is 1. The maximum atomic E-state index is 12.0. The molecule has 1 atom stereocenters. The third-order valence-electron chi connectivity index (χ3n) is 4.34. The van der Waals surface area contributed by atoms with Crippen molar-refractivity contribution in [3.8, 4) is 0 Å². The molecule has 1 amide bonds. The monoisotopic (exact) mass is 427 g/mol. The van der Waals surface area contributed by atoms with Crippen molar-refractivity contribution in [3.05, 3.63) is 71.6 Å². The number of benzene rings is 2. The van der Waals surface area contributed by atoms with Gasteiger partial charge >= 0.3 is 0 Å². The minimum absolute atomic E-state index is 0.0306. The van der Waals surface area contributed by atoms with Gasteiger partial charge in [-0.15, -0.1) is 22.0 Å². The highest BCUT2D eigenvalue weighted by Gasteiger charge is 2.13. The maximum Gasteiger partial charge on any atom is 0.277 e. The maximum absolute atomic E-state index is 12.0. The first-order valence-corrected chi connectivity index (χ1v) is 11.5. The van der Waals surface area contributed by atoms with E-state index in [1.54, 1.807) is 11.8 Å². The van der Waals surface area contributed by atoms with Crippen LogP contribution in [-0.2, 0) is 11.2 Å². The lowest BCUT2D eigenvalue weighted by Gasteiger charge is -2.08. The number of thioether (sulfide) groups is 2. The second-order valence-corrected chi connectivity index (χ2v) is 8.87. The second-order valence-electron chi connectivity index (χ2n) is 6.78. The van der Waals surface area contributed by atoms with E-state index in [4.69, 9.17) is 4.42 Å². The Morgan fingerprint density at radius 1 is 1.07 bits per heavy atom. The Morgan fingerprint density at radius 3 is 2.59 bits per heavy atom. The van der Waals surface area contributed by atoms with Crippen LogP contribution in [0.15, 0.2) is 69.1 Å². The minimum atomic E-state index is -0.0306. The predicted octanol–water partition coefficient (Wildman–Crippen LogP) is 4.72. The van der Waals surface area contributed by atoms with Gasteiger partial charge in [0.15, 0.2) is 0 Å². The van der Waals surface area contributed by atoms with Gasteiger partial charge in [-0.3, -0.25) is 4.79 Å². The molecule has 1 aromatic heterocycles. The molecular formula is C22H25N3O2S2. The van der Waals surface area contributed by atoms with Crippen molar-refractivity contribution >= 4 is 29.4 Å². The Kier molecular flexibility index (Phi) is 8.19. The highest BCUT2D eigenvalue weighted by molar-refractivity contribution is 7.99. The van der Waals surface area contributed by atoms with Crippen LogP contribution >= 0.6 is 23.5 Å². The van der Waals surface area contributed by atoms with Crippen LogP contribution in [0.5, 0.6) is 0 Å². The van der Waals surface area contributed by atoms with Gasteiger partial charge in [-0.25, -0.2) is 0 Å². The van der Waals surface area contributed by atoms with Crippen LogP contribution in [0.4, 0.5) is 0 Å². The third-order valence-corrected chi connectivity index (χ3v) is 6.17. The summed E-state index contributed by atoms with van der Waals surface area (Å²) >= 11 is 3.00. The van der Waals surface area contributed by atoms with Gasteiger partial charge in [0.2, 0.25) is 11.8 Å². The summed E-state index contributed by atoms with van der Waals surface area (Å²) in [6.45, 7) is 4.83. The summed E-state index contributed by atoms with van der Waals surface area (Å²) in [6.07, 6.45) is 0.681. The number of rotatable bonds is 10. The molecule has 0 aliphatic rings. The van der Waals surface area contributed by atoms with Crippen LogP contribution in [0.3, 0.4) is 0 Å². The molecule has 0 saturated heterocycles. The number of aryl methyl sites for hydroxylation is 1. The van der Waals surface area contributed by atoms with Gasteiger partial charge in [-0.2, -0.15) is 0 Å². The molecule has 0 aliphatic carbocycles. The second kappa shape index (κ2) is 11.1. The number of carbonyl (C=O) groups is 1. The molecule has 1 unspecified atom stereocenters. The molecule has 2 aromatic carbocycles. The predicted molar refractivity (Wildman–Crippen MR) is 118 cm³/mol. The van der Waals surface area contributed by atoms with Crippen LogP contribution in [-0.4, -0.2) is 34.2 Å². The quantitative estimate of drug-likeness (QED) is 0.373. The zero-order valence-corrected chi connectivity index (χ0v) is 18.3. The lowest BCUT2D eigenvalue weighted by Crippen LogP contribution is -2.27. The fourth-order valence-corrected chi connectivity index (χ4v) is 4.09. The number of carbonyl (C=O) groups excluding carboxylic acids is 1. The van der Waals surface area contributed by atoms with Crippen molar-refractivity contribution in [2.75, 3.05) is 18.1 Å². The van der Waals surface area contributed by atoms with Gasteiger partial charge in [0, 0.05) is 23.6 Å². The molecule has 1 N–H and O–H groups in total. The van der Waals surface area contributed by atoms with Crippen molar-refractivity contribution in [2.45, 2.75) is 36.3 Å². The molecule has 7 heteroatoms. The van der Waals surface area contributed by atoms with Gasteiger partial charge in [0.05, 0.1) is 5.75 Å². The lowest BCUT2D eigenvalue weighted by molar-refractivity contribution is -0.118. The van der Waals surface area contributed by atoms with Crippen molar-refractivity contribution in [1.29, 1.82) is 0 Å². The van der Waals surface area contributed by atoms with E-state index in [2.05, 4.69) is 65.8 Å². The molecule has 0 spiro atoms. The molecular weight excluding hydrogens is 402 g/mol. The van der Waals surface area contributed by atoms with Crippen molar-refractivity contribution in [1.82, 2.24) is 15.5 Å². The molecule has 3 aromatic rings. The summed E-state index contributed by atoms with van der Waals surface area (Å²) in [5, 5.41) is 11.5. The fraction of sp³-hybridized carbons (Fsp3) is 0.318. The van der Waals surface area contributed by atoms with Crippen LogP contribution in [0, 0.1) is 6.92 Å². The van der Waals surface area contributed by atoms with E-state index in [-0.39, 0.29) is 11.7 Å². The van der Waals surface area contributed by atoms with Crippen LogP contribution in [0.2, 0.25) is 0 Å². The van der Waals surface area contributed by atoms with Crippen molar-refractivity contribution in [2.24, 2.45) is 0 Å². The summed E-state index contributed by atoms with van der Waals surface area (Å²) in [6, 6.07) is 18.6. The first-order valence-electron chi connectivity index (χ1n) is 9.56. The van der Waals surface area contributed by atoms with Crippen LogP contribution in [0.25, 0.3) is 0 Å². The Balaban J connectivity index is 1.34. The summed E-state index contributed by atoms with van der Waals surface area (Å²) < 4.78 is 5.68. The Bertz CT molecular complexity index is 898. The number of aromatic nitrogens is 2. The molecule has 1 heterocycles. The first-order chi connectivity index (χ1) is 14.1. The summed E-state index contributed by atoms with van der Waals surface area (Å²) in [5.74, 6) is 1.96. The molecule has 29 heavy (non-hydrogen) atoms. The highest BCUT2D eigenvalue weighted by Crippen LogP contribution is 2.22. The normalized spacial score (nSPS) is 11.9. The van der Waals surface area contributed by atoms with Gasteiger partial charge < -0.3 is 9.73 Å². The van der Waals surface area contributed by atoms with Gasteiger partial charge in [0.25, 0.3) is 5.22 Å². The van der Waals surface area contributed by atoms with Crippen molar-refractivity contribution < 1.29 is 9.21 Å². The van der Waals surface area contributed by atoms with E-state index in [9.17, 15) is 4.79 Å². The lowest BCUT2D eigenvalue weighted by atomic mass is 9.98. The smallest absolute Gasteiger partial charge is 0.277 e. The van der Waals surface area contributed by atoms with Crippen LogP contribution < -0.4 is 5.32 Å². The van der Waals surface area contributed by atoms with Gasteiger partial charge in [0.1, 0.15) is 0 Å². The van der Waals surface area contributed by atoms with E-state index >= 15 is 0 Å². The Morgan fingerprint density at radius 2 is 1.83 bits per heavy atom. The summed E-state index contributed by atoms with van der Waals surface area (Å²) in [7, 11) is 0. The largest absolute Gasteiger partial charge is 0.416 e. The van der Waals surface area contributed by atoms with E-state index in [0.717, 1.165) is 5.75 Å². The van der Waals surface area contributed by atoms with Crippen molar-refractivity contribution in [3.63, 3.8) is 0 Å². The molecule has 0 aliphatic heterocycles. The zero-order valence-electron chi connectivity index (χ0n) is 16.6. The van der Waals surface area contributed by atoms with Gasteiger partial charge in [-0.05, 0) is 30.5 Å². The van der Waals surface area contributed by atoms with E-state index in [1.807, 2.05) is 18.2 Å². The average Bonchev–Trinajstić information content (AvgIpc) is 3.19. The average molecular weight is 428 g/mol. The number of amides is 1. The first kappa shape index (κ1) is 21.5. The standard InChI is InChI=1S/C22H25N3O2S2/c1-16-8-10-19(11-9-16)28-13-12-23-20(26)15-29-22-25-24-21(27-22)14-17(2)18-6-4-3-5-7-18/h3-11,17H,12-15H2,1-2H3,(H,23,26). The SMILES string of the molecule is Cc1ccc(SCCNC(=O)CSc2nnc(CC(C)c3ccccc3)o2)cc1. The summed E-state index contributed by atoms with van der Waals surface area (Å²) in [5.41, 5.74) is 2.49. The van der Waals surface area contributed by atoms with E-state index < -0.39 is 0 Å². The fourth-order valence-electron chi connectivity index (χ4n) is 2.71. The molecule has 3 rings (SSSR count). The minimum Gasteiger partial charge on any atom is -0.416 e. The molecule has 152 valence electrons. The topological polar surface area (TPSA) is 68.0 Å². The Hall–Kier alpha value is -2.25. The third kappa shape index (κ3) is 7.25. The molecule has 0 bridgehead atoms. The molecule has 0 radical (unpaired) electrons. The summed E-state index contributed by atoms with van der Waals surface area (Å²) in [4.78, 5) is 13.2. The van der Waals surface area contributed by atoms with Crippen LogP contribution in [0.1, 0.15) is 29.9 Å².